The highest BCUT2D eigenvalue weighted by Crippen LogP contribution is 2.27. The third-order valence-corrected chi connectivity index (χ3v) is 13.9. The number of aliphatic hydroxyl groups is 7. The summed E-state index contributed by atoms with van der Waals surface area (Å²) < 4.78 is 34.3. The Balaban J connectivity index is 1.64. The maximum absolute atomic E-state index is 13.0. The van der Waals surface area contributed by atoms with Crippen molar-refractivity contribution < 1.29 is 69.0 Å². The van der Waals surface area contributed by atoms with Gasteiger partial charge in [-0.25, -0.2) is 0 Å². The van der Waals surface area contributed by atoms with E-state index in [0.29, 0.717) is 6.61 Å². The topological polar surface area (TPSA) is 214 Å². The van der Waals surface area contributed by atoms with Gasteiger partial charge in [-0.2, -0.15) is 0 Å². The van der Waals surface area contributed by atoms with Gasteiger partial charge in [-0.05, 0) is 12.8 Å². The molecular formula is C54H104O14. The summed E-state index contributed by atoms with van der Waals surface area (Å²) in [5.41, 5.74) is 0. The molecule has 0 aromatic carbocycles. The van der Waals surface area contributed by atoms with Gasteiger partial charge in [0.1, 0.15) is 54.9 Å². The standard InChI is InChI=1S/C54H104O14/c1-3-5-7-9-11-13-14-15-16-17-18-19-20-21-22-23-24-25-26-27-28-29-31-33-35-37-46(56)66-43(40-63-38-36-34-32-30-12-10-8-6-4-2)41-64-53-52(62)50(60)48(58)45(68-53)42-65-54-51(61)49(59)47(57)44(39-55)67-54/h43-45,47-55,57-62H,3-42H2,1-2H3. The second-order valence-corrected chi connectivity index (χ2v) is 20.1. The van der Waals surface area contributed by atoms with Crippen molar-refractivity contribution in [3.63, 3.8) is 0 Å². The lowest BCUT2D eigenvalue weighted by Crippen LogP contribution is -2.61. The minimum atomic E-state index is -1.70. The zero-order chi connectivity index (χ0) is 49.5. The number of hydrogen-bond donors (Lipinski definition) is 7. The normalized spacial score (nSPS) is 25.8. The summed E-state index contributed by atoms with van der Waals surface area (Å²) in [6.07, 6.45) is 27.6. The molecule has 0 aliphatic carbocycles. The number of aliphatic hydroxyl groups excluding tert-OH is 7. The summed E-state index contributed by atoms with van der Waals surface area (Å²) in [5.74, 6) is -0.370. The van der Waals surface area contributed by atoms with Crippen LogP contribution in [0.3, 0.4) is 0 Å². The summed E-state index contributed by atoms with van der Waals surface area (Å²) in [4.78, 5) is 13.0. The summed E-state index contributed by atoms with van der Waals surface area (Å²) in [5, 5.41) is 72.1. The number of esters is 1. The van der Waals surface area contributed by atoms with Gasteiger partial charge in [0.2, 0.25) is 0 Å². The van der Waals surface area contributed by atoms with E-state index in [1.54, 1.807) is 0 Å². The molecule has 0 spiro atoms. The van der Waals surface area contributed by atoms with Crippen LogP contribution in [0, 0.1) is 0 Å². The zero-order valence-electron chi connectivity index (χ0n) is 43.1. The van der Waals surface area contributed by atoms with Crippen molar-refractivity contribution in [1.82, 2.24) is 0 Å². The van der Waals surface area contributed by atoms with Gasteiger partial charge in [0.15, 0.2) is 12.6 Å². The molecule has 2 rings (SSSR count). The molecule has 14 nitrogen and oxygen atoms in total. The molecule has 14 heteroatoms. The quantitative estimate of drug-likeness (QED) is 0.0224. The van der Waals surface area contributed by atoms with Crippen LogP contribution in [0.1, 0.15) is 239 Å². The molecule has 0 radical (unpaired) electrons. The molecule has 7 N–H and O–H groups in total. The van der Waals surface area contributed by atoms with Gasteiger partial charge in [-0.3, -0.25) is 4.79 Å². The van der Waals surface area contributed by atoms with Crippen LogP contribution in [0.25, 0.3) is 0 Å². The lowest BCUT2D eigenvalue weighted by atomic mass is 9.98. The van der Waals surface area contributed by atoms with Crippen molar-refractivity contribution in [1.29, 1.82) is 0 Å². The van der Waals surface area contributed by atoms with E-state index in [1.165, 1.54) is 173 Å². The Morgan fingerprint density at radius 2 is 0.779 bits per heavy atom. The van der Waals surface area contributed by atoms with E-state index in [4.69, 9.17) is 28.4 Å². The molecule has 2 aliphatic rings. The highest BCUT2D eigenvalue weighted by atomic mass is 16.7. The summed E-state index contributed by atoms with van der Waals surface area (Å²) >= 11 is 0. The SMILES string of the molecule is CCCCCCCCCCCCCCCCCCCCCCCCCCCC(=O)OC(COCCCCCCCCCCC)COC1OC(COC2OC(CO)C(O)C(O)C2O)C(O)C(O)C1O. The van der Waals surface area contributed by atoms with Gasteiger partial charge >= 0.3 is 5.97 Å². The summed E-state index contributed by atoms with van der Waals surface area (Å²) in [7, 11) is 0. The van der Waals surface area contributed by atoms with Crippen LogP contribution in [0.5, 0.6) is 0 Å². The predicted molar refractivity (Wildman–Crippen MR) is 266 cm³/mol. The Morgan fingerprint density at radius 3 is 1.19 bits per heavy atom. The molecule has 11 atom stereocenters. The Kier molecular flexibility index (Phi) is 39.4. The Hall–Kier alpha value is -1.01. The van der Waals surface area contributed by atoms with Gasteiger partial charge in [0, 0.05) is 13.0 Å². The zero-order valence-corrected chi connectivity index (χ0v) is 43.1. The van der Waals surface area contributed by atoms with Crippen LogP contribution >= 0.6 is 0 Å². The maximum Gasteiger partial charge on any atom is 0.306 e. The van der Waals surface area contributed by atoms with E-state index in [2.05, 4.69) is 13.8 Å². The molecule has 0 aromatic rings. The first-order valence-corrected chi connectivity index (χ1v) is 28.1. The fraction of sp³-hybridized carbons (Fsp3) is 0.981. The van der Waals surface area contributed by atoms with Gasteiger partial charge in [-0.15, -0.1) is 0 Å². The molecule has 0 bridgehead atoms. The van der Waals surface area contributed by atoms with Gasteiger partial charge in [-0.1, -0.05) is 219 Å². The Bertz CT molecular complexity index is 1130. The van der Waals surface area contributed by atoms with Crippen molar-refractivity contribution in [2.75, 3.05) is 33.0 Å². The third-order valence-electron chi connectivity index (χ3n) is 13.9. The van der Waals surface area contributed by atoms with Crippen LogP contribution < -0.4 is 0 Å². The van der Waals surface area contributed by atoms with Crippen molar-refractivity contribution in [2.24, 2.45) is 0 Å². The van der Waals surface area contributed by atoms with Crippen molar-refractivity contribution in [3.05, 3.63) is 0 Å². The molecule has 0 saturated carbocycles. The monoisotopic (exact) mass is 977 g/mol. The van der Waals surface area contributed by atoms with Crippen LogP contribution in [0.4, 0.5) is 0 Å². The van der Waals surface area contributed by atoms with Crippen LogP contribution in [0.15, 0.2) is 0 Å². The number of ether oxygens (including phenoxy) is 6. The van der Waals surface area contributed by atoms with Crippen molar-refractivity contribution >= 4 is 5.97 Å². The Morgan fingerprint density at radius 1 is 0.426 bits per heavy atom. The summed E-state index contributed by atoms with van der Waals surface area (Å²) in [6, 6.07) is 0. The van der Waals surface area contributed by atoms with Crippen LogP contribution in [0.2, 0.25) is 0 Å². The first-order chi connectivity index (χ1) is 33.1. The van der Waals surface area contributed by atoms with E-state index in [-0.39, 0.29) is 25.6 Å². The second kappa shape index (κ2) is 42.5. The average Bonchev–Trinajstić information content (AvgIpc) is 3.33. The van der Waals surface area contributed by atoms with E-state index >= 15 is 0 Å². The molecule has 2 saturated heterocycles. The molecule has 0 amide bonds. The second-order valence-electron chi connectivity index (χ2n) is 20.1. The van der Waals surface area contributed by atoms with E-state index < -0.39 is 80.7 Å². The average molecular weight is 977 g/mol. The van der Waals surface area contributed by atoms with Crippen LogP contribution in [-0.4, -0.2) is 142 Å². The molecule has 11 unspecified atom stereocenters. The van der Waals surface area contributed by atoms with Gasteiger partial charge in [0.25, 0.3) is 0 Å². The molecular weight excluding hydrogens is 873 g/mol. The highest BCUT2D eigenvalue weighted by molar-refractivity contribution is 5.69. The van der Waals surface area contributed by atoms with Gasteiger partial charge < -0.3 is 64.2 Å². The largest absolute Gasteiger partial charge is 0.457 e. The number of hydrogen-bond acceptors (Lipinski definition) is 14. The molecule has 68 heavy (non-hydrogen) atoms. The fourth-order valence-electron chi connectivity index (χ4n) is 9.29. The summed E-state index contributed by atoms with van der Waals surface area (Å²) in [6.45, 7) is 3.72. The Labute approximate surface area is 412 Å². The molecule has 404 valence electrons. The predicted octanol–water partition coefficient (Wildman–Crippen LogP) is 9.25. The number of carbonyl (C=O) groups is 1. The number of carbonyl (C=O) groups excluding carboxylic acids is 1. The van der Waals surface area contributed by atoms with Crippen molar-refractivity contribution in [2.45, 2.75) is 306 Å². The minimum absolute atomic E-state index is 0.0693. The lowest BCUT2D eigenvalue weighted by molar-refractivity contribution is -0.332. The molecule has 2 fully saturated rings. The minimum Gasteiger partial charge on any atom is -0.457 e. The molecule has 2 aliphatic heterocycles. The van der Waals surface area contributed by atoms with Gasteiger partial charge in [0.05, 0.1) is 26.4 Å². The number of unbranched alkanes of at least 4 members (excludes halogenated alkanes) is 32. The molecule has 0 aromatic heterocycles. The number of rotatable bonds is 46. The van der Waals surface area contributed by atoms with E-state index in [0.717, 1.165) is 44.9 Å². The first kappa shape index (κ1) is 63.1. The third kappa shape index (κ3) is 29.5. The maximum atomic E-state index is 13.0. The smallest absolute Gasteiger partial charge is 0.306 e. The van der Waals surface area contributed by atoms with Crippen molar-refractivity contribution in [3.8, 4) is 0 Å². The van der Waals surface area contributed by atoms with E-state index in [1.807, 2.05) is 0 Å². The van der Waals surface area contributed by atoms with E-state index in [9.17, 15) is 40.5 Å². The van der Waals surface area contributed by atoms with Crippen LogP contribution in [-0.2, 0) is 33.2 Å². The first-order valence-electron chi connectivity index (χ1n) is 28.1. The highest BCUT2D eigenvalue weighted by Gasteiger charge is 2.47. The molecule has 2 heterocycles. The lowest BCUT2D eigenvalue weighted by Gasteiger charge is -2.42. The fourth-order valence-corrected chi connectivity index (χ4v) is 9.29.